The number of benzene rings is 1. The van der Waals surface area contributed by atoms with Crippen molar-refractivity contribution in [2.24, 2.45) is 0 Å². The summed E-state index contributed by atoms with van der Waals surface area (Å²) >= 11 is 0. The van der Waals surface area contributed by atoms with Gasteiger partial charge in [0.05, 0.1) is 0 Å². The number of carbonyl (C=O) groups is 3. The van der Waals surface area contributed by atoms with E-state index in [1.807, 2.05) is 4.90 Å². The Labute approximate surface area is 135 Å². The molecule has 2 aliphatic rings. The molecule has 6 nitrogen and oxygen atoms in total. The average molecular weight is 315 g/mol. The Bertz CT molecular complexity index is 603. The van der Waals surface area contributed by atoms with Crippen molar-refractivity contribution in [2.75, 3.05) is 39.3 Å². The molecule has 0 radical (unpaired) electrons. The van der Waals surface area contributed by atoms with Crippen molar-refractivity contribution in [3.8, 4) is 0 Å². The van der Waals surface area contributed by atoms with E-state index in [4.69, 9.17) is 0 Å². The van der Waals surface area contributed by atoms with Crippen LogP contribution in [-0.4, -0.2) is 72.2 Å². The Kier molecular flexibility index (Phi) is 4.60. The number of hydrogen-bond donors (Lipinski definition) is 0. The molecule has 23 heavy (non-hydrogen) atoms. The van der Waals surface area contributed by atoms with Crippen LogP contribution in [0.1, 0.15) is 33.6 Å². The molecule has 0 atom stereocenters. The summed E-state index contributed by atoms with van der Waals surface area (Å²) in [7, 11) is 0. The van der Waals surface area contributed by atoms with Crippen molar-refractivity contribution < 1.29 is 14.4 Å². The lowest BCUT2D eigenvalue weighted by Gasteiger charge is -2.32. The molecular formula is C17H21N3O3. The summed E-state index contributed by atoms with van der Waals surface area (Å²) in [6, 6.07) is 6.96. The molecule has 2 heterocycles. The quantitative estimate of drug-likeness (QED) is 0.777. The van der Waals surface area contributed by atoms with E-state index in [9.17, 15) is 14.4 Å². The zero-order valence-corrected chi connectivity index (χ0v) is 13.1. The predicted molar refractivity (Wildman–Crippen MR) is 85.1 cm³/mol. The van der Waals surface area contributed by atoms with E-state index in [0.29, 0.717) is 37.3 Å². The fourth-order valence-corrected chi connectivity index (χ4v) is 3.10. The zero-order chi connectivity index (χ0) is 16.2. The van der Waals surface area contributed by atoms with Crippen LogP contribution in [0.25, 0.3) is 0 Å². The van der Waals surface area contributed by atoms with Crippen molar-refractivity contribution >= 4 is 18.2 Å². The van der Waals surface area contributed by atoms with Gasteiger partial charge in [0.1, 0.15) is 0 Å². The first-order chi connectivity index (χ1) is 11.2. The number of likely N-dealkylation sites (tertiary alicyclic amines) is 1. The van der Waals surface area contributed by atoms with Crippen LogP contribution in [0.5, 0.6) is 0 Å². The Hall–Kier alpha value is -2.37. The van der Waals surface area contributed by atoms with Crippen molar-refractivity contribution in [1.82, 2.24) is 14.7 Å². The molecule has 0 unspecified atom stereocenters. The Balaban J connectivity index is 1.70. The van der Waals surface area contributed by atoms with Crippen LogP contribution in [0.2, 0.25) is 0 Å². The van der Waals surface area contributed by atoms with Gasteiger partial charge in [0.2, 0.25) is 6.41 Å². The van der Waals surface area contributed by atoms with Gasteiger partial charge in [-0.1, -0.05) is 6.07 Å². The summed E-state index contributed by atoms with van der Waals surface area (Å²) in [5.41, 5.74) is 1.11. The summed E-state index contributed by atoms with van der Waals surface area (Å²) in [5.74, 6) is -0.0745. The van der Waals surface area contributed by atoms with Crippen LogP contribution in [0.4, 0.5) is 0 Å². The Morgan fingerprint density at radius 1 is 0.826 bits per heavy atom. The second kappa shape index (κ2) is 6.81. The molecule has 2 saturated heterocycles. The molecule has 0 spiro atoms. The molecule has 2 fully saturated rings. The van der Waals surface area contributed by atoms with E-state index >= 15 is 0 Å². The number of carbonyl (C=O) groups excluding carboxylic acids is 3. The second-order valence-electron chi connectivity index (χ2n) is 6.01. The Morgan fingerprint density at radius 3 is 1.87 bits per heavy atom. The van der Waals surface area contributed by atoms with E-state index in [1.54, 1.807) is 34.1 Å². The second-order valence-corrected chi connectivity index (χ2v) is 6.01. The summed E-state index contributed by atoms with van der Waals surface area (Å²) in [4.78, 5) is 41.0. The third-order valence-electron chi connectivity index (χ3n) is 4.50. The maximum atomic E-state index is 12.6. The molecule has 122 valence electrons. The molecule has 0 aliphatic carbocycles. The maximum absolute atomic E-state index is 12.6. The summed E-state index contributed by atoms with van der Waals surface area (Å²) in [6.45, 7) is 3.77. The fourth-order valence-electron chi connectivity index (χ4n) is 3.10. The number of rotatable bonds is 3. The van der Waals surface area contributed by atoms with Crippen LogP contribution in [0.3, 0.4) is 0 Å². The molecule has 6 heteroatoms. The lowest BCUT2D eigenvalue weighted by atomic mass is 10.1. The monoisotopic (exact) mass is 315 g/mol. The molecule has 3 amide bonds. The number of piperazine rings is 1. The molecule has 3 rings (SSSR count). The molecular weight excluding hydrogens is 294 g/mol. The topological polar surface area (TPSA) is 60.9 Å². The first kappa shape index (κ1) is 15.5. The fraction of sp³-hybridized carbons (Fsp3) is 0.471. The zero-order valence-electron chi connectivity index (χ0n) is 13.1. The van der Waals surface area contributed by atoms with Gasteiger partial charge >= 0.3 is 0 Å². The predicted octanol–water partition coefficient (Wildman–Crippen LogP) is 0.837. The van der Waals surface area contributed by atoms with Crippen LogP contribution in [0, 0.1) is 0 Å². The van der Waals surface area contributed by atoms with E-state index in [2.05, 4.69) is 0 Å². The lowest BCUT2D eigenvalue weighted by Crippen LogP contribution is -2.48. The standard InChI is InChI=1S/C17H21N3O3/c21-13-18-8-10-20(11-9-18)17(23)15-5-3-4-14(12-15)16(22)19-6-1-2-7-19/h3-5,12-13H,1-2,6-11H2. The van der Waals surface area contributed by atoms with Gasteiger partial charge in [-0.3, -0.25) is 14.4 Å². The van der Waals surface area contributed by atoms with E-state index < -0.39 is 0 Å². The van der Waals surface area contributed by atoms with Gasteiger partial charge in [-0.15, -0.1) is 0 Å². The normalized spacial score (nSPS) is 18.2. The van der Waals surface area contributed by atoms with Gasteiger partial charge in [-0.2, -0.15) is 0 Å². The van der Waals surface area contributed by atoms with Gasteiger partial charge in [0.25, 0.3) is 11.8 Å². The van der Waals surface area contributed by atoms with Crippen molar-refractivity contribution in [3.05, 3.63) is 35.4 Å². The minimum Gasteiger partial charge on any atom is -0.342 e. The number of hydrogen-bond acceptors (Lipinski definition) is 3. The third-order valence-corrected chi connectivity index (χ3v) is 4.50. The molecule has 0 saturated carbocycles. The minimum absolute atomic E-state index is 0.00271. The SMILES string of the molecule is O=CN1CCN(C(=O)c2cccc(C(=O)N3CCCC3)c2)CC1. The van der Waals surface area contributed by atoms with Gasteiger partial charge < -0.3 is 14.7 Å². The molecule has 0 N–H and O–H groups in total. The molecule has 1 aromatic rings. The van der Waals surface area contributed by atoms with Crippen molar-refractivity contribution in [2.45, 2.75) is 12.8 Å². The van der Waals surface area contributed by atoms with Crippen molar-refractivity contribution in [3.63, 3.8) is 0 Å². The first-order valence-electron chi connectivity index (χ1n) is 8.07. The Morgan fingerprint density at radius 2 is 1.35 bits per heavy atom. The van der Waals surface area contributed by atoms with E-state index in [-0.39, 0.29) is 11.8 Å². The van der Waals surface area contributed by atoms with Crippen LogP contribution in [0.15, 0.2) is 24.3 Å². The van der Waals surface area contributed by atoms with Crippen LogP contribution < -0.4 is 0 Å². The third kappa shape index (κ3) is 3.36. The van der Waals surface area contributed by atoms with E-state index in [1.165, 1.54) is 0 Å². The van der Waals surface area contributed by atoms with Crippen LogP contribution >= 0.6 is 0 Å². The number of amides is 3. The largest absolute Gasteiger partial charge is 0.342 e. The maximum Gasteiger partial charge on any atom is 0.253 e. The molecule has 0 aromatic heterocycles. The highest BCUT2D eigenvalue weighted by Crippen LogP contribution is 2.15. The summed E-state index contributed by atoms with van der Waals surface area (Å²) in [6.07, 6.45) is 2.91. The van der Waals surface area contributed by atoms with Gasteiger partial charge in [-0.25, -0.2) is 0 Å². The van der Waals surface area contributed by atoms with Gasteiger partial charge in [-0.05, 0) is 31.0 Å². The molecule has 1 aromatic carbocycles. The smallest absolute Gasteiger partial charge is 0.253 e. The lowest BCUT2D eigenvalue weighted by molar-refractivity contribution is -0.119. The minimum atomic E-state index is -0.0772. The van der Waals surface area contributed by atoms with E-state index in [0.717, 1.165) is 32.3 Å². The summed E-state index contributed by atoms with van der Waals surface area (Å²) < 4.78 is 0. The van der Waals surface area contributed by atoms with Crippen molar-refractivity contribution in [1.29, 1.82) is 0 Å². The highest BCUT2D eigenvalue weighted by molar-refractivity contribution is 5.99. The average Bonchev–Trinajstić information content (AvgIpc) is 3.15. The van der Waals surface area contributed by atoms with Gasteiger partial charge in [0, 0.05) is 50.4 Å². The highest BCUT2D eigenvalue weighted by Gasteiger charge is 2.23. The van der Waals surface area contributed by atoms with Crippen LogP contribution in [-0.2, 0) is 4.79 Å². The number of nitrogens with zero attached hydrogens (tertiary/aromatic N) is 3. The molecule has 0 bridgehead atoms. The van der Waals surface area contributed by atoms with Gasteiger partial charge in [0.15, 0.2) is 0 Å². The molecule has 2 aliphatic heterocycles. The highest BCUT2D eigenvalue weighted by atomic mass is 16.2. The first-order valence-corrected chi connectivity index (χ1v) is 8.07. The summed E-state index contributed by atoms with van der Waals surface area (Å²) in [5, 5.41) is 0.